The highest BCUT2D eigenvalue weighted by Gasteiger charge is 2.30. The number of halogens is 1. The van der Waals surface area contributed by atoms with Crippen molar-refractivity contribution < 1.29 is 63.2 Å². The number of aromatic hydroxyl groups is 1. The highest BCUT2D eigenvalue weighted by molar-refractivity contribution is 6.08. The van der Waals surface area contributed by atoms with Crippen LogP contribution in [0.5, 0.6) is 23.0 Å². The van der Waals surface area contributed by atoms with Crippen molar-refractivity contribution in [2.45, 2.75) is 120 Å². The predicted octanol–water partition coefficient (Wildman–Crippen LogP) is 10.3. The van der Waals surface area contributed by atoms with Crippen LogP contribution in [-0.2, 0) is 32.1 Å². The standard InChI is InChI=1S/C25H31N3O4.C17H21NO3.C8H12N2O2.C8H8N2O2.2C7H6N2O2.C4H4O2.C3H2N2.CH3F/c1-15-13-22(31-4)20(24(29)27-15)14-26-25(30)23-17(3)28(21-8-6-5-7-19(21)23)16(2)18-9-11-32-12-10-18;1-11(13-7-9-21-10-8-13)18-12(2)16(17(19)20)14-5-3-4-6-15(14)18;2*1-5-3-7(12-2)6(4-9)8(11)10-5;1-4-2-6(10)5(3-8)7(9)11-4;1-4-2-6(10)5(3-8)7(11)9-4;1-3-2-4(5)6-3;1-5-3-2-4;1-2/h5-8,13,16,18H,9-12,14H2,1-4H3,(H,26,30)(H,27,29);3-6,11,13H,7-10H2,1-2H3,(H,19,20);3H,4,9H2,1-2H3,(H,10,11);3H,1-2H3,(H,10,11);2H,9H2,1H3;2H,1H3,(H2,9,10,11);1-2H2;3H2;1H3/i;;;;;;;;1D. The zero-order chi connectivity index (χ0) is 84.3. The fourth-order valence-corrected chi connectivity index (χ4v) is 12.4. The predicted molar refractivity (Wildman–Crippen MR) is 417 cm³/mol. The van der Waals surface area contributed by atoms with Crippen LogP contribution >= 0.6 is 0 Å². The van der Waals surface area contributed by atoms with E-state index in [-0.39, 0.29) is 83.0 Å². The van der Waals surface area contributed by atoms with Crippen LogP contribution in [0.3, 0.4) is 0 Å². The van der Waals surface area contributed by atoms with E-state index in [9.17, 15) is 47.9 Å². The summed E-state index contributed by atoms with van der Waals surface area (Å²) >= 11 is 0. The molecule has 0 aliphatic carbocycles. The minimum atomic E-state index is -1.00. The van der Waals surface area contributed by atoms with E-state index in [0.29, 0.717) is 86.4 Å². The van der Waals surface area contributed by atoms with Gasteiger partial charge in [0.15, 0.2) is 16.7 Å². The molecule has 9 aromatic rings. The molecule has 3 fully saturated rings. The van der Waals surface area contributed by atoms with Gasteiger partial charge in [-0.1, -0.05) is 43.0 Å². The lowest BCUT2D eigenvalue weighted by Gasteiger charge is -2.30. The Bertz CT molecular complexity index is 5250. The molecule has 2 unspecified atom stereocenters. The molecule has 0 bridgehead atoms. The number of methoxy groups -OCH3 is 3. The number of carboxylic acids is 1. The number of nitriles is 4. The van der Waals surface area contributed by atoms with Crippen molar-refractivity contribution in [2.24, 2.45) is 17.6 Å². The van der Waals surface area contributed by atoms with Gasteiger partial charge < -0.3 is 93.8 Å². The number of alkyl halides is 1. The number of hydrogen-bond donors (Lipinski definition) is 9. The number of benzene rings is 2. The molecule has 0 saturated carbocycles. The van der Waals surface area contributed by atoms with Crippen molar-refractivity contribution in [3.05, 3.63) is 233 Å². The number of nitrogens with one attached hydrogen (secondary N) is 5. The third-order valence-electron chi connectivity index (χ3n) is 17.7. The fraction of sp³-hybridized carbons (Fsp3) is 0.362. The Balaban J connectivity index is 0.000000289. The number of esters is 1. The first-order valence-electron chi connectivity index (χ1n) is 35.4. The van der Waals surface area contributed by atoms with Crippen LogP contribution in [0.2, 0.25) is 0 Å². The average Bonchev–Trinajstić information content (AvgIpc) is 1.61. The van der Waals surface area contributed by atoms with Gasteiger partial charge in [0.1, 0.15) is 65.2 Å². The minimum absolute atomic E-state index is 0.0139. The molecule has 3 aliphatic rings. The Hall–Kier alpha value is -13.3. The molecule has 0 spiro atoms. The monoisotopic (exact) mass is 1540 g/mol. The van der Waals surface area contributed by atoms with Gasteiger partial charge in [0.05, 0.1) is 58.7 Å². The molecule has 10 heterocycles. The molecule has 11 N–H and O–H groups in total. The molecule has 12 rings (SSSR count). The minimum Gasteiger partial charge on any atom is -0.506 e. The molecule has 1 amide bonds. The molecule has 2 atom stereocenters. The van der Waals surface area contributed by atoms with Crippen molar-refractivity contribution in [1.82, 2.24) is 34.4 Å². The second-order valence-electron chi connectivity index (χ2n) is 25.2. The Labute approximate surface area is 646 Å². The number of H-pyrrole nitrogens is 4. The largest absolute Gasteiger partial charge is 0.506 e. The number of hydrogen-bond acceptors (Lipinski definition) is 22. The van der Waals surface area contributed by atoms with E-state index in [1.165, 1.54) is 33.5 Å². The summed E-state index contributed by atoms with van der Waals surface area (Å²) < 4.78 is 55.3. The first-order valence-corrected chi connectivity index (χ1v) is 34.7. The quantitative estimate of drug-likeness (QED) is 0.0312. The molecule has 31 nitrogen and oxygen atoms in total. The smallest absolute Gasteiger partial charge is 0.338 e. The summed E-state index contributed by atoms with van der Waals surface area (Å²) in [6, 6.07) is 30.7. The Morgan fingerprint density at radius 1 is 0.679 bits per heavy atom. The SMILES string of the molecule is C=C1CC(=O)O1.COc1cc(C)[nH]c(=O)c1C#N.COc1cc(C)[nH]c(=O)c1CN.COc1cc(C)[nH]c(=O)c1CNC(=O)c1c(C)n(C(C)C2CCOCC2)c2ccccc12.Cc1c(C(=O)O)c2ccccc2n1C(C)C1CCOCC1.Cc1cc(=O)c(C#N)c(N)o1.Cc1cc(O)c(C#N)c(=O)[nH]1.[2H]CF.[C-]#[N+]CC#N. The molecule has 7 aromatic heterocycles. The van der Waals surface area contributed by atoms with E-state index in [2.05, 4.69) is 70.5 Å². The van der Waals surface area contributed by atoms with E-state index >= 15 is 0 Å². The number of cyclic esters (lactones) is 1. The van der Waals surface area contributed by atoms with E-state index in [0.717, 1.165) is 91.0 Å². The maximum Gasteiger partial charge on any atom is 0.338 e. The summed E-state index contributed by atoms with van der Waals surface area (Å²) in [7, 11) is 3.47. The first kappa shape index (κ1) is 89.3. The molecule has 0 radical (unpaired) electrons. The van der Waals surface area contributed by atoms with E-state index < -0.39 is 29.7 Å². The zero-order valence-electron chi connectivity index (χ0n) is 65.4. The number of para-hydroxylation sites is 2. The maximum atomic E-state index is 13.3. The summed E-state index contributed by atoms with van der Waals surface area (Å²) in [4.78, 5) is 104. The third-order valence-corrected chi connectivity index (χ3v) is 17.7. The highest BCUT2D eigenvalue weighted by Crippen LogP contribution is 2.37. The molecule has 592 valence electrons. The number of aromatic carboxylic acids is 1. The van der Waals surface area contributed by atoms with Crippen LogP contribution in [0, 0.1) is 112 Å². The van der Waals surface area contributed by atoms with Crippen molar-refractivity contribution in [3.8, 4) is 47.3 Å². The molecular formula is C80H93FN14O17. The number of aromatic amines is 4. The summed E-state index contributed by atoms with van der Waals surface area (Å²) in [6.45, 7) is 29.7. The van der Waals surface area contributed by atoms with Gasteiger partial charge in [0.25, 0.3) is 34.7 Å². The number of carbonyl (C=O) groups is 3. The van der Waals surface area contributed by atoms with Crippen molar-refractivity contribution >= 4 is 45.5 Å². The molecule has 112 heavy (non-hydrogen) atoms. The number of nitrogens with zero attached hydrogens (tertiary/aromatic N) is 7. The van der Waals surface area contributed by atoms with Crippen LogP contribution < -0.4 is 58.7 Å². The van der Waals surface area contributed by atoms with Crippen LogP contribution in [-0.4, -0.2) is 119 Å². The molecular weight excluding hydrogens is 1450 g/mol. The van der Waals surface area contributed by atoms with Crippen molar-refractivity contribution in [1.29, 1.82) is 21.0 Å². The summed E-state index contributed by atoms with van der Waals surface area (Å²) in [5.41, 5.74) is 17.0. The van der Waals surface area contributed by atoms with Crippen LogP contribution in [0.25, 0.3) is 26.7 Å². The second kappa shape index (κ2) is 44.8. The highest BCUT2D eigenvalue weighted by atomic mass is 19.1. The van der Waals surface area contributed by atoms with Gasteiger partial charge in [-0.2, -0.15) is 21.0 Å². The molecule has 3 aliphatic heterocycles. The number of ether oxygens (including phenoxy) is 6. The number of amides is 1. The number of fused-ring (bicyclic) bond motifs is 2. The van der Waals surface area contributed by atoms with Crippen LogP contribution in [0.4, 0.5) is 10.3 Å². The van der Waals surface area contributed by atoms with Crippen LogP contribution in [0.15, 0.2) is 120 Å². The number of carboxylic acid groups (broad SMARTS) is 1. The number of aryl methyl sites for hydroxylation is 5. The van der Waals surface area contributed by atoms with Gasteiger partial charge >= 0.3 is 11.9 Å². The normalized spacial score (nSPS) is 13.1. The molecule has 3 saturated heterocycles. The van der Waals surface area contributed by atoms with E-state index in [4.69, 9.17) is 73.7 Å². The molecule has 2 aromatic carbocycles. The van der Waals surface area contributed by atoms with Gasteiger partial charge in [-0.3, -0.25) is 38.0 Å². The maximum absolute atomic E-state index is 13.3. The Morgan fingerprint density at radius 3 is 1.47 bits per heavy atom. The van der Waals surface area contributed by atoms with Gasteiger partial charge in [-0.25, -0.2) is 11.4 Å². The first-order chi connectivity index (χ1) is 53.8. The summed E-state index contributed by atoms with van der Waals surface area (Å²) in [6.07, 6.45) is 4.53. The zero-order valence-corrected chi connectivity index (χ0v) is 64.4. The number of rotatable bonds is 12. The Kier molecular flexibility index (Phi) is 35.8. The number of nitrogen functional groups attached to an aromatic ring is 1. The Morgan fingerprint density at radius 2 is 1.09 bits per heavy atom. The lowest BCUT2D eigenvalue weighted by atomic mass is 9.92. The summed E-state index contributed by atoms with van der Waals surface area (Å²) in [5, 5.41) is 56.2. The van der Waals surface area contributed by atoms with E-state index in [1.807, 2.05) is 56.3 Å². The second-order valence-corrected chi connectivity index (χ2v) is 25.2. The number of carbonyl (C=O) groups excluding carboxylic acids is 2. The van der Waals surface area contributed by atoms with Gasteiger partial charge in [0.2, 0.25) is 11.3 Å². The van der Waals surface area contributed by atoms with Crippen molar-refractivity contribution in [3.63, 3.8) is 0 Å². The average molecular weight is 1540 g/mol. The number of anilines is 1. The number of aromatic nitrogens is 6. The van der Waals surface area contributed by atoms with Crippen LogP contribution in [0.1, 0.15) is 148 Å². The topological polar surface area (TPSA) is 482 Å². The summed E-state index contributed by atoms with van der Waals surface area (Å²) in [5.74, 6) is 1.79. The number of nitrogens with two attached hydrogens (primary N) is 2. The lowest BCUT2D eigenvalue weighted by Crippen LogP contribution is -2.28. The molecule has 32 heteroatoms. The fourth-order valence-electron chi connectivity index (χ4n) is 12.4. The van der Waals surface area contributed by atoms with Gasteiger partial charge in [-0.15, -0.1) is 0 Å². The lowest BCUT2D eigenvalue weighted by molar-refractivity contribution is -0.148. The third kappa shape index (κ3) is 24.6. The van der Waals surface area contributed by atoms with Gasteiger partial charge in [0, 0.05) is 119 Å². The number of pyridine rings is 4. The van der Waals surface area contributed by atoms with E-state index in [1.54, 1.807) is 77.1 Å². The van der Waals surface area contributed by atoms with Crippen molar-refractivity contribution in [2.75, 3.05) is 67.2 Å². The van der Waals surface area contributed by atoms with Gasteiger partial charge in [-0.05, 0) is 124 Å².